The summed E-state index contributed by atoms with van der Waals surface area (Å²) in [7, 11) is 1.70. The van der Waals surface area contributed by atoms with Gasteiger partial charge in [0.15, 0.2) is 12.3 Å². The molecule has 0 bridgehead atoms. The second kappa shape index (κ2) is 8.32. The van der Waals surface area contributed by atoms with Crippen LogP contribution in [0.25, 0.3) is 10.8 Å². The van der Waals surface area contributed by atoms with Crippen molar-refractivity contribution in [1.82, 2.24) is 14.9 Å². The molecule has 2 heterocycles. The van der Waals surface area contributed by atoms with Crippen LogP contribution in [0.1, 0.15) is 21.9 Å². The molecule has 0 atom stereocenters. The van der Waals surface area contributed by atoms with Crippen LogP contribution in [0, 0.1) is 0 Å². The van der Waals surface area contributed by atoms with Crippen LogP contribution in [-0.2, 0) is 13.2 Å². The molecule has 0 spiro atoms. The maximum Gasteiger partial charge on any atom is 0.275 e. The van der Waals surface area contributed by atoms with Crippen molar-refractivity contribution in [3.05, 3.63) is 89.4 Å². The first-order valence-electron chi connectivity index (χ1n) is 9.00. The van der Waals surface area contributed by atoms with Crippen molar-refractivity contribution < 1.29 is 13.9 Å². The van der Waals surface area contributed by atoms with E-state index in [0.29, 0.717) is 23.2 Å². The molecule has 2 aromatic carbocycles. The highest BCUT2D eigenvalue weighted by Crippen LogP contribution is 2.25. The largest absolute Gasteiger partial charge is 0.483 e. The fraction of sp³-hybridized carbons (Fsp3) is 0.136. The Labute approximate surface area is 172 Å². The summed E-state index contributed by atoms with van der Waals surface area (Å²) in [5, 5.41) is 2.55. The number of carbonyl (C=O) groups is 1. The van der Waals surface area contributed by atoms with E-state index >= 15 is 0 Å². The highest BCUT2D eigenvalue weighted by Gasteiger charge is 2.18. The van der Waals surface area contributed by atoms with Crippen molar-refractivity contribution in [3.8, 4) is 5.75 Å². The monoisotopic (exact) mass is 407 g/mol. The van der Waals surface area contributed by atoms with E-state index in [1.807, 2.05) is 42.5 Å². The molecule has 4 aromatic rings. The fourth-order valence-electron chi connectivity index (χ4n) is 2.98. The highest BCUT2D eigenvalue weighted by molar-refractivity contribution is 6.31. The summed E-state index contributed by atoms with van der Waals surface area (Å²) in [5.74, 6) is 0.772. The molecule has 4 rings (SSSR count). The van der Waals surface area contributed by atoms with Crippen molar-refractivity contribution in [3.63, 3.8) is 0 Å². The van der Waals surface area contributed by atoms with Crippen molar-refractivity contribution in [2.24, 2.45) is 0 Å². The Morgan fingerprint density at radius 2 is 2.03 bits per heavy atom. The minimum atomic E-state index is -0.254. The predicted octanol–water partition coefficient (Wildman–Crippen LogP) is 4.73. The first kappa shape index (κ1) is 19.0. The van der Waals surface area contributed by atoms with Gasteiger partial charge in [-0.05, 0) is 23.8 Å². The van der Waals surface area contributed by atoms with Crippen LogP contribution in [0.3, 0.4) is 0 Å². The topological polar surface area (TPSA) is 68.5 Å². The predicted molar refractivity (Wildman–Crippen MR) is 110 cm³/mol. The molecular formula is C22H18ClN3O3. The lowest BCUT2D eigenvalue weighted by Crippen LogP contribution is -2.26. The van der Waals surface area contributed by atoms with Gasteiger partial charge in [-0.2, -0.15) is 0 Å². The van der Waals surface area contributed by atoms with E-state index in [4.69, 9.17) is 20.8 Å². The number of rotatable bonds is 6. The Balaban J connectivity index is 1.42. The molecule has 1 amide bonds. The lowest BCUT2D eigenvalue weighted by atomic mass is 10.1. The lowest BCUT2D eigenvalue weighted by molar-refractivity contribution is 0.0779. The lowest BCUT2D eigenvalue weighted by Gasteiger charge is -2.16. The molecule has 0 N–H and O–H groups in total. The number of aromatic nitrogens is 2. The maximum atomic E-state index is 12.6. The number of halogens is 1. The van der Waals surface area contributed by atoms with Gasteiger partial charge in [0.2, 0.25) is 5.89 Å². The van der Waals surface area contributed by atoms with Crippen LogP contribution in [0.5, 0.6) is 5.75 Å². The Hall–Kier alpha value is -3.38. The summed E-state index contributed by atoms with van der Waals surface area (Å²) in [6.45, 7) is 0.490. The fourth-order valence-corrected chi connectivity index (χ4v) is 3.18. The van der Waals surface area contributed by atoms with E-state index in [0.717, 1.165) is 16.3 Å². The number of fused-ring (bicyclic) bond motifs is 1. The first-order valence-corrected chi connectivity index (χ1v) is 9.38. The molecular weight excluding hydrogens is 390 g/mol. The number of amides is 1. The van der Waals surface area contributed by atoms with Crippen molar-refractivity contribution in [2.45, 2.75) is 13.2 Å². The summed E-state index contributed by atoms with van der Waals surface area (Å²) in [5.41, 5.74) is 1.09. The molecule has 0 saturated carbocycles. The van der Waals surface area contributed by atoms with Crippen molar-refractivity contribution in [2.75, 3.05) is 7.05 Å². The third kappa shape index (κ3) is 4.22. The number of hydrogen-bond donors (Lipinski definition) is 0. The van der Waals surface area contributed by atoms with Crippen LogP contribution in [-0.4, -0.2) is 27.8 Å². The molecule has 0 unspecified atom stereocenters. The second-order valence-corrected chi connectivity index (χ2v) is 6.93. The molecule has 6 nitrogen and oxygen atoms in total. The van der Waals surface area contributed by atoms with Gasteiger partial charge < -0.3 is 14.1 Å². The molecule has 29 heavy (non-hydrogen) atoms. The van der Waals surface area contributed by atoms with Crippen molar-refractivity contribution >= 4 is 28.3 Å². The zero-order valence-corrected chi connectivity index (χ0v) is 16.5. The Bertz CT molecular complexity index is 1150. The minimum Gasteiger partial charge on any atom is -0.483 e. The summed E-state index contributed by atoms with van der Waals surface area (Å²) < 4.78 is 11.3. The van der Waals surface area contributed by atoms with E-state index in [1.54, 1.807) is 30.4 Å². The van der Waals surface area contributed by atoms with E-state index in [-0.39, 0.29) is 18.2 Å². The first-order chi connectivity index (χ1) is 14.1. The van der Waals surface area contributed by atoms with Gasteiger partial charge in [0.25, 0.3) is 5.91 Å². The summed E-state index contributed by atoms with van der Waals surface area (Å²) in [6, 6.07) is 15.0. The Morgan fingerprint density at radius 3 is 2.90 bits per heavy atom. The standard InChI is InChI=1S/C22H18ClN3O3/c1-26(12-16-5-2-3-7-18(16)23)22(27)19-13-29-21(25-19)14-28-20-8-4-6-15-11-24-10-9-17(15)20/h2-11,13H,12,14H2,1H3. The number of hydrogen-bond acceptors (Lipinski definition) is 5. The van der Waals surface area contributed by atoms with Gasteiger partial charge in [-0.15, -0.1) is 0 Å². The van der Waals surface area contributed by atoms with E-state index in [2.05, 4.69) is 9.97 Å². The zero-order valence-electron chi connectivity index (χ0n) is 15.7. The van der Waals surface area contributed by atoms with E-state index < -0.39 is 0 Å². The van der Waals surface area contributed by atoms with E-state index in [9.17, 15) is 4.79 Å². The number of pyridine rings is 1. The molecule has 146 valence electrons. The number of ether oxygens (including phenoxy) is 1. The number of benzene rings is 2. The summed E-state index contributed by atoms with van der Waals surface area (Å²) in [6.07, 6.45) is 4.84. The molecule has 0 radical (unpaired) electrons. The Morgan fingerprint density at radius 1 is 1.17 bits per heavy atom. The molecule has 7 heteroatoms. The maximum absolute atomic E-state index is 12.6. The SMILES string of the molecule is CN(Cc1ccccc1Cl)C(=O)c1coc(COc2cccc3cnccc23)n1. The second-order valence-electron chi connectivity index (χ2n) is 6.52. The Kier molecular flexibility index (Phi) is 5.44. The average Bonchev–Trinajstić information content (AvgIpc) is 3.22. The zero-order chi connectivity index (χ0) is 20.2. The van der Waals surface area contributed by atoms with Gasteiger partial charge in [-0.3, -0.25) is 9.78 Å². The van der Waals surface area contributed by atoms with Gasteiger partial charge in [0.05, 0.1) is 0 Å². The molecule has 0 aliphatic heterocycles. The number of oxazole rings is 1. The van der Waals surface area contributed by atoms with Crippen molar-refractivity contribution in [1.29, 1.82) is 0 Å². The van der Waals surface area contributed by atoms with Crippen LogP contribution in [0.15, 0.2) is 71.6 Å². The number of carbonyl (C=O) groups excluding carboxylic acids is 1. The molecule has 0 saturated heterocycles. The van der Waals surface area contributed by atoms with Crippen LogP contribution < -0.4 is 4.74 Å². The summed E-state index contributed by atoms with van der Waals surface area (Å²) >= 11 is 6.17. The van der Waals surface area contributed by atoms with Gasteiger partial charge >= 0.3 is 0 Å². The van der Waals surface area contributed by atoms with Gasteiger partial charge in [0, 0.05) is 41.8 Å². The quantitative estimate of drug-likeness (QED) is 0.462. The highest BCUT2D eigenvalue weighted by atomic mass is 35.5. The van der Waals surface area contributed by atoms with Crippen LogP contribution >= 0.6 is 11.6 Å². The minimum absolute atomic E-state index is 0.114. The third-order valence-corrected chi connectivity index (χ3v) is 4.84. The van der Waals surface area contributed by atoms with Gasteiger partial charge in [0.1, 0.15) is 12.0 Å². The van der Waals surface area contributed by atoms with Crippen LogP contribution in [0.4, 0.5) is 0 Å². The molecule has 2 aromatic heterocycles. The third-order valence-electron chi connectivity index (χ3n) is 4.47. The molecule has 0 fully saturated rings. The summed E-state index contributed by atoms with van der Waals surface area (Å²) in [4.78, 5) is 22.6. The normalized spacial score (nSPS) is 10.8. The molecule has 0 aliphatic rings. The van der Waals surface area contributed by atoms with Crippen LogP contribution in [0.2, 0.25) is 5.02 Å². The van der Waals surface area contributed by atoms with Gasteiger partial charge in [-0.25, -0.2) is 4.98 Å². The molecule has 0 aliphatic carbocycles. The number of nitrogens with zero attached hydrogens (tertiary/aromatic N) is 3. The average molecular weight is 408 g/mol. The van der Waals surface area contributed by atoms with E-state index in [1.165, 1.54) is 6.26 Å². The van der Waals surface area contributed by atoms with Gasteiger partial charge in [-0.1, -0.05) is 41.9 Å². The smallest absolute Gasteiger partial charge is 0.275 e.